The second-order valence-electron chi connectivity index (χ2n) is 7.22. The van der Waals surface area contributed by atoms with Crippen molar-refractivity contribution in [2.75, 3.05) is 5.32 Å². The van der Waals surface area contributed by atoms with E-state index in [-0.39, 0.29) is 0 Å². The highest BCUT2D eigenvalue weighted by Gasteiger charge is 2.19. The maximum absolute atomic E-state index is 11.6. The Morgan fingerprint density at radius 3 is 2.46 bits per heavy atom. The van der Waals surface area contributed by atoms with E-state index in [9.17, 15) is 9.90 Å². The number of aliphatic hydroxyl groups excluding tert-OH is 1. The maximum Gasteiger partial charge on any atom is 0.412 e. The molecule has 0 aromatic heterocycles. The van der Waals surface area contributed by atoms with Gasteiger partial charge in [0.15, 0.2) is 6.29 Å². The van der Waals surface area contributed by atoms with Crippen LogP contribution in [0, 0.1) is 6.92 Å². The van der Waals surface area contributed by atoms with Gasteiger partial charge in [0, 0.05) is 12.1 Å². The second-order valence-corrected chi connectivity index (χ2v) is 7.22. The molecular formula is C21H27NO4. The van der Waals surface area contributed by atoms with Crippen LogP contribution < -0.4 is 10.1 Å². The molecule has 1 atom stereocenters. The van der Waals surface area contributed by atoms with Gasteiger partial charge in [0.25, 0.3) is 0 Å². The monoisotopic (exact) mass is 357 g/mol. The molecule has 2 aromatic carbocycles. The number of hydrogen-bond donors (Lipinski definition) is 2. The van der Waals surface area contributed by atoms with Gasteiger partial charge in [-0.2, -0.15) is 0 Å². The maximum atomic E-state index is 11.6. The van der Waals surface area contributed by atoms with Crippen molar-refractivity contribution in [3.8, 4) is 5.75 Å². The van der Waals surface area contributed by atoms with E-state index in [4.69, 9.17) is 9.47 Å². The van der Waals surface area contributed by atoms with E-state index in [1.54, 1.807) is 12.1 Å². The Balaban J connectivity index is 0.000000290. The summed E-state index contributed by atoms with van der Waals surface area (Å²) in [5.74, 6) is 0.661. The molecule has 5 heteroatoms. The largest absolute Gasteiger partial charge is 0.465 e. The summed E-state index contributed by atoms with van der Waals surface area (Å²) in [6, 6.07) is 15.6. The number of carbonyl (C=O) groups excluding carboxylic acids is 1. The molecule has 0 fully saturated rings. The second kappa shape index (κ2) is 8.72. The molecule has 1 amide bonds. The zero-order valence-electron chi connectivity index (χ0n) is 15.8. The Labute approximate surface area is 155 Å². The summed E-state index contributed by atoms with van der Waals surface area (Å²) in [6.07, 6.45) is 0.0600. The van der Waals surface area contributed by atoms with Crippen LogP contribution in [0.4, 0.5) is 10.5 Å². The summed E-state index contributed by atoms with van der Waals surface area (Å²) in [4.78, 5) is 11.6. The smallest absolute Gasteiger partial charge is 0.412 e. The summed E-state index contributed by atoms with van der Waals surface area (Å²) in [7, 11) is 0. The van der Waals surface area contributed by atoms with Gasteiger partial charge in [-0.3, -0.25) is 5.32 Å². The molecule has 1 aliphatic heterocycles. The zero-order valence-corrected chi connectivity index (χ0v) is 15.8. The van der Waals surface area contributed by atoms with E-state index in [1.165, 1.54) is 5.56 Å². The van der Waals surface area contributed by atoms with Crippen LogP contribution in [0.15, 0.2) is 48.5 Å². The zero-order chi connectivity index (χ0) is 19.2. The minimum Gasteiger partial charge on any atom is -0.465 e. The number of ether oxygens (including phenoxy) is 2. The quantitative estimate of drug-likeness (QED) is 0.778. The molecule has 0 radical (unpaired) electrons. The van der Waals surface area contributed by atoms with Gasteiger partial charge in [-0.25, -0.2) is 4.79 Å². The van der Waals surface area contributed by atoms with Crippen LogP contribution in [0.3, 0.4) is 0 Å². The SMILES string of the molecule is CC(C)(C)OC(=O)Nc1ccc2c(c1)CCC(O)O2.Cc1ccccc1. The number of rotatable bonds is 1. The van der Waals surface area contributed by atoms with E-state index in [1.807, 2.05) is 45.0 Å². The van der Waals surface area contributed by atoms with E-state index in [0.717, 1.165) is 12.0 Å². The van der Waals surface area contributed by atoms with Crippen molar-refractivity contribution < 1.29 is 19.4 Å². The Bertz CT molecular complexity index is 723. The third-order valence-electron chi connectivity index (χ3n) is 3.57. The molecule has 0 saturated carbocycles. The van der Waals surface area contributed by atoms with Crippen molar-refractivity contribution in [2.24, 2.45) is 0 Å². The number of nitrogens with one attached hydrogen (secondary N) is 1. The van der Waals surface area contributed by atoms with Crippen LogP contribution in [0.25, 0.3) is 0 Å². The predicted octanol–water partition coefficient (Wildman–Crippen LogP) is 4.67. The number of carbonyl (C=O) groups is 1. The van der Waals surface area contributed by atoms with Crippen LogP contribution in [-0.2, 0) is 11.2 Å². The average Bonchev–Trinajstić information content (AvgIpc) is 2.54. The topological polar surface area (TPSA) is 67.8 Å². The van der Waals surface area contributed by atoms with Gasteiger partial charge >= 0.3 is 6.09 Å². The first-order valence-corrected chi connectivity index (χ1v) is 8.72. The van der Waals surface area contributed by atoms with Gasteiger partial charge in [0.2, 0.25) is 0 Å². The number of aryl methyl sites for hydroxylation is 2. The Hall–Kier alpha value is -2.53. The van der Waals surface area contributed by atoms with Gasteiger partial charge < -0.3 is 14.6 Å². The third kappa shape index (κ3) is 6.76. The fourth-order valence-corrected chi connectivity index (χ4v) is 2.41. The molecule has 1 heterocycles. The molecule has 3 rings (SSSR count). The van der Waals surface area contributed by atoms with Crippen LogP contribution >= 0.6 is 0 Å². The first-order valence-electron chi connectivity index (χ1n) is 8.72. The Kier molecular flexibility index (Phi) is 6.64. The normalized spacial score (nSPS) is 15.7. The first-order chi connectivity index (χ1) is 12.2. The molecule has 0 aliphatic carbocycles. The highest BCUT2D eigenvalue weighted by atomic mass is 16.6. The minimum atomic E-state index is -0.739. The number of aliphatic hydroxyl groups is 1. The van der Waals surface area contributed by atoms with E-state index in [2.05, 4.69) is 24.4 Å². The summed E-state index contributed by atoms with van der Waals surface area (Å²) < 4.78 is 10.5. The molecule has 140 valence electrons. The number of benzene rings is 2. The summed E-state index contributed by atoms with van der Waals surface area (Å²) in [5, 5.41) is 12.1. The molecule has 0 spiro atoms. The van der Waals surface area contributed by atoms with Crippen molar-refractivity contribution in [3.05, 3.63) is 59.7 Å². The number of hydrogen-bond acceptors (Lipinski definition) is 4. The lowest BCUT2D eigenvalue weighted by Crippen LogP contribution is -2.27. The van der Waals surface area contributed by atoms with Gasteiger partial charge in [-0.1, -0.05) is 35.9 Å². The summed E-state index contributed by atoms with van der Waals surface area (Å²) >= 11 is 0. The third-order valence-corrected chi connectivity index (χ3v) is 3.57. The molecule has 2 aromatic rings. The molecule has 26 heavy (non-hydrogen) atoms. The van der Waals surface area contributed by atoms with Gasteiger partial charge in [-0.05, 0) is 57.9 Å². The van der Waals surface area contributed by atoms with Gasteiger partial charge in [0.1, 0.15) is 11.4 Å². The van der Waals surface area contributed by atoms with Crippen molar-refractivity contribution in [2.45, 2.75) is 52.4 Å². The van der Waals surface area contributed by atoms with Gasteiger partial charge in [-0.15, -0.1) is 0 Å². The highest BCUT2D eigenvalue weighted by Crippen LogP contribution is 2.29. The minimum absolute atomic E-state index is 0.482. The molecule has 1 unspecified atom stereocenters. The summed E-state index contributed by atoms with van der Waals surface area (Å²) in [6.45, 7) is 7.53. The van der Waals surface area contributed by atoms with Crippen molar-refractivity contribution >= 4 is 11.8 Å². The number of anilines is 1. The fraction of sp³-hybridized carbons (Fsp3) is 0.381. The predicted molar refractivity (Wildman–Crippen MR) is 102 cm³/mol. The average molecular weight is 357 g/mol. The number of amides is 1. The lowest BCUT2D eigenvalue weighted by molar-refractivity contribution is -0.0316. The lowest BCUT2D eigenvalue weighted by Gasteiger charge is -2.23. The fourth-order valence-electron chi connectivity index (χ4n) is 2.41. The van der Waals surface area contributed by atoms with Crippen LogP contribution in [0.2, 0.25) is 0 Å². The molecule has 0 bridgehead atoms. The number of fused-ring (bicyclic) bond motifs is 1. The molecular weight excluding hydrogens is 330 g/mol. The van der Waals surface area contributed by atoms with Crippen molar-refractivity contribution in [3.63, 3.8) is 0 Å². The summed E-state index contributed by atoms with van der Waals surface area (Å²) in [5.41, 5.74) is 2.43. The standard InChI is InChI=1S/C14H19NO4.C7H8/c1-14(2,3)19-13(17)15-10-5-6-11-9(8-10)4-7-12(16)18-11;1-7-5-3-2-4-6-7/h5-6,8,12,16H,4,7H2,1-3H3,(H,15,17);2-6H,1H3. The van der Waals surface area contributed by atoms with E-state index < -0.39 is 18.0 Å². The molecule has 5 nitrogen and oxygen atoms in total. The molecule has 1 aliphatic rings. The Morgan fingerprint density at radius 2 is 1.88 bits per heavy atom. The van der Waals surface area contributed by atoms with E-state index in [0.29, 0.717) is 17.9 Å². The van der Waals surface area contributed by atoms with Crippen molar-refractivity contribution in [1.29, 1.82) is 0 Å². The van der Waals surface area contributed by atoms with Crippen LogP contribution in [0.5, 0.6) is 5.75 Å². The van der Waals surface area contributed by atoms with Crippen molar-refractivity contribution in [1.82, 2.24) is 0 Å². The van der Waals surface area contributed by atoms with E-state index >= 15 is 0 Å². The van der Waals surface area contributed by atoms with Crippen LogP contribution in [0.1, 0.15) is 38.3 Å². The molecule has 2 N–H and O–H groups in total. The highest BCUT2D eigenvalue weighted by molar-refractivity contribution is 5.85. The van der Waals surface area contributed by atoms with Crippen LogP contribution in [-0.4, -0.2) is 23.1 Å². The lowest BCUT2D eigenvalue weighted by atomic mass is 10.1. The molecule has 0 saturated heterocycles. The Morgan fingerprint density at radius 1 is 1.19 bits per heavy atom. The van der Waals surface area contributed by atoms with Gasteiger partial charge in [0.05, 0.1) is 0 Å². The first kappa shape index (κ1) is 19.8.